The Balaban J connectivity index is 1.15. The van der Waals surface area contributed by atoms with Crippen molar-refractivity contribution in [1.82, 2.24) is 20.0 Å². The van der Waals surface area contributed by atoms with Gasteiger partial charge in [-0.2, -0.15) is 5.10 Å². The van der Waals surface area contributed by atoms with Crippen LogP contribution in [0.2, 0.25) is 0 Å². The number of aryl methyl sites for hydroxylation is 1. The number of hydrogen-bond acceptors (Lipinski definition) is 5. The van der Waals surface area contributed by atoms with Crippen LogP contribution in [0.15, 0.2) is 18.5 Å². The maximum absolute atomic E-state index is 12.3. The van der Waals surface area contributed by atoms with Gasteiger partial charge in [0.15, 0.2) is 0 Å². The van der Waals surface area contributed by atoms with Gasteiger partial charge in [0.05, 0.1) is 24.0 Å². The van der Waals surface area contributed by atoms with Crippen LogP contribution >= 0.6 is 11.3 Å². The zero-order chi connectivity index (χ0) is 19.1. The van der Waals surface area contributed by atoms with Crippen LogP contribution < -0.4 is 0 Å². The lowest BCUT2D eigenvalue weighted by atomic mass is 9.82. The number of aromatic amines is 1. The third kappa shape index (κ3) is 3.19. The molecule has 1 amide bonds. The van der Waals surface area contributed by atoms with Crippen molar-refractivity contribution in [3.63, 3.8) is 0 Å². The number of likely N-dealkylation sites (tertiary alicyclic amines) is 2. The van der Waals surface area contributed by atoms with Crippen molar-refractivity contribution in [1.29, 1.82) is 0 Å². The number of piperidine rings is 1. The summed E-state index contributed by atoms with van der Waals surface area (Å²) in [5, 5.41) is 6.58. The Morgan fingerprint density at radius 1 is 1.39 bits per heavy atom. The van der Waals surface area contributed by atoms with Gasteiger partial charge in [-0.25, -0.2) is 0 Å². The molecule has 150 valence electrons. The number of nitrogens with zero attached hydrogens (tertiary/aromatic N) is 3. The molecule has 5 rings (SSSR count). The van der Waals surface area contributed by atoms with Crippen LogP contribution in [-0.2, 0) is 23.2 Å². The highest BCUT2D eigenvalue weighted by atomic mass is 32.1. The topological polar surface area (TPSA) is 61.5 Å². The molecular weight excluding hydrogens is 372 g/mol. The molecule has 0 aliphatic carbocycles. The predicted molar refractivity (Wildman–Crippen MR) is 109 cm³/mol. The first-order valence-corrected chi connectivity index (χ1v) is 11.2. The quantitative estimate of drug-likeness (QED) is 0.857. The van der Waals surface area contributed by atoms with Crippen molar-refractivity contribution in [3.05, 3.63) is 39.3 Å². The Bertz CT molecular complexity index is 833. The van der Waals surface area contributed by atoms with Crippen LogP contribution in [0.3, 0.4) is 0 Å². The maximum atomic E-state index is 12.3. The summed E-state index contributed by atoms with van der Waals surface area (Å²) >= 11 is 1.99. The number of amides is 1. The zero-order valence-electron chi connectivity index (χ0n) is 16.4. The van der Waals surface area contributed by atoms with Gasteiger partial charge < -0.3 is 14.5 Å². The van der Waals surface area contributed by atoms with Crippen LogP contribution in [0.4, 0.5) is 0 Å². The third-order valence-corrected chi connectivity index (χ3v) is 7.92. The second kappa shape index (κ2) is 7.28. The third-order valence-electron chi connectivity index (χ3n) is 6.58. The van der Waals surface area contributed by atoms with E-state index in [0.717, 1.165) is 65.0 Å². The summed E-state index contributed by atoms with van der Waals surface area (Å²) in [7, 11) is 0. The van der Waals surface area contributed by atoms with Gasteiger partial charge in [-0.3, -0.25) is 9.89 Å². The molecule has 2 fully saturated rings. The van der Waals surface area contributed by atoms with E-state index >= 15 is 0 Å². The minimum absolute atomic E-state index is 0.0447. The zero-order valence-corrected chi connectivity index (χ0v) is 17.3. The van der Waals surface area contributed by atoms with E-state index in [1.54, 1.807) is 17.3 Å². The number of H-pyrrole nitrogens is 1. The van der Waals surface area contributed by atoms with E-state index in [2.05, 4.69) is 28.1 Å². The summed E-state index contributed by atoms with van der Waals surface area (Å²) in [6, 6.07) is 2.42. The second-order valence-electron chi connectivity index (χ2n) is 8.36. The number of hydrogen-bond donors (Lipinski definition) is 1. The van der Waals surface area contributed by atoms with Crippen LogP contribution in [-0.4, -0.2) is 65.2 Å². The number of fused-ring (bicyclic) bond motifs is 2. The smallest absolute Gasteiger partial charge is 0.257 e. The van der Waals surface area contributed by atoms with Gasteiger partial charge in [-0.15, -0.1) is 11.3 Å². The predicted octanol–water partition coefficient (Wildman–Crippen LogP) is 2.67. The molecule has 0 bridgehead atoms. The average Bonchev–Trinajstić information content (AvgIpc) is 3.36. The molecule has 5 heterocycles. The molecule has 0 aromatic carbocycles. The van der Waals surface area contributed by atoms with E-state index in [1.165, 1.54) is 10.4 Å². The number of carbonyl (C=O) groups is 1. The molecule has 28 heavy (non-hydrogen) atoms. The van der Waals surface area contributed by atoms with E-state index in [-0.39, 0.29) is 11.5 Å². The molecule has 3 aliphatic heterocycles. The molecule has 0 unspecified atom stereocenters. The molecule has 2 aromatic rings. The van der Waals surface area contributed by atoms with Crippen molar-refractivity contribution in [2.45, 2.75) is 38.2 Å². The fourth-order valence-electron chi connectivity index (χ4n) is 4.92. The lowest BCUT2D eigenvalue weighted by molar-refractivity contribution is -0.1000. The lowest BCUT2D eigenvalue weighted by Crippen LogP contribution is -2.55. The Morgan fingerprint density at radius 3 is 2.93 bits per heavy atom. The van der Waals surface area contributed by atoms with Crippen molar-refractivity contribution < 1.29 is 9.53 Å². The van der Waals surface area contributed by atoms with Crippen molar-refractivity contribution >= 4 is 17.2 Å². The fraction of sp³-hybridized carbons (Fsp3) is 0.619. The van der Waals surface area contributed by atoms with Gasteiger partial charge in [0, 0.05) is 61.0 Å². The molecule has 2 aromatic heterocycles. The summed E-state index contributed by atoms with van der Waals surface area (Å²) in [6.45, 7) is 8.08. The molecule has 0 radical (unpaired) electrons. The summed E-state index contributed by atoms with van der Waals surface area (Å²) in [5.41, 5.74) is 2.10. The van der Waals surface area contributed by atoms with E-state index in [9.17, 15) is 4.79 Å². The van der Waals surface area contributed by atoms with Gasteiger partial charge in [0.2, 0.25) is 0 Å². The number of carbonyl (C=O) groups excluding carboxylic acids is 1. The Hall–Kier alpha value is -1.70. The molecule has 0 saturated carbocycles. The van der Waals surface area contributed by atoms with Gasteiger partial charge in [0.1, 0.15) is 0 Å². The summed E-state index contributed by atoms with van der Waals surface area (Å²) in [4.78, 5) is 19.9. The summed E-state index contributed by atoms with van der Waals surface area (Å²) in [5.74, 6) is 0.676. The van der Waals surface area contributed by atoms with Crippen molar-refractivity contribution in [2.75, 3.05) is 39.3 Å². The standard InChI is InChI=1S/C21H28N4O2S/c1-2-17-9-18-19(28-17)3-8-27-21(18)4-6-24(7-5-21)12-15-13-25(14-15)20(26)16-10-22-23-11-16/h9-11,15H,2-8,12-14H2,1H3,(H,22,23). The number of aromatic nitrogens is 2. The molecule has 7 heteroatoms. The van der Waals surface area contributed by atoms with Crippen LogP contribution in [0, 0.1) is 5.92 Å². The normalized spacial score (nSPS) is 22.2. The number of nitrogens with one attached hydrogen (secondary N) is 1. The Labute approximate surface area is 169 Å². The van der Waals surface area contributed by atoms with E-state index in [0.29, 0.717) is 11.5 Å². The summed E-state index contributed by atoms with van der Waals surface area (Å²) in [6.07, 6.45) is 7.65. The van der Waals surface area contributed by atoms with Crippen molar-refractivity contribution in [2.24, 2.45) is 5.92 Å². The number of thiophene rings is 1. The van der Waals surface area contributed by atoms with Crippen LogP contribution in [0.25, 0.3) is 0 Å². The average molecular weight is 401 g/mol. The lowest BCUT2D eigenvalue weighted by Gasteiger charge is -2.47. The number of ether oxygens (including phenoxy) is 1. The molecule has 2 saturated heterocycles. The molecule has 3 aliphatic rings. The first-order valence-electron chi connectivity index (χ1n) is 10.4. The largest absolute Gasteiger partial charge is 0.370 e. The van der Waals surface area contributed by atoms with E-state index in [4.69, 9.17) is 4.74 Å². The molecule has 6 nitrogen and oxygen atoms in total. The van der Waals surface area contributed by atoms with Crippen LogP contribution in [0.5, 0.6) is 0 Å². The minimum atomic E-state index is -0.0447. The molecule has 0 atom stereocenters. The second-order valence-corrected chi connectivity index (χ2v) is 9.58. The van der Waals surface area contributed by atoms with Crippen molar-refractivity contribution in [3.8, 4) is 0 Å². The number of rotatable bonds is 4. The monoisotopic (exact) mass is 400 g/mol. The highest BCUT2D eigenvalue weighted by Crippen LogP contribution is 2.44. The maximum Gasteiger partial charge on any atom is 0.257 e. The van der Waals surface area contributed by atoms with Crippen LogP contribution in [0.1, 0.15) is 45.4 Å². The van der Waals surface area contributed by atoms with E-state index < -0.39 is 0 Å². The molecular formula is C21H28N4O2S. The molecule has 1 spiro atoms. The van der Waals surface area contributed by atoms with Gasteiger partial charge in [0.25, 0.3) is 5.91 Å². The fourth-order valence-corrected chi connectivity index (χ4v) is 6.10. The molecule has 1 N–H and O–H groups in total. The first kappa shape index (κ1) is 18.3. The Morgan fingerprint density at radius 2 is 2.21 bits per heavy atom. The Kier molecular flexibility index (Phi) is 4.77. The highest BCUT2D eigenvalue weighted by Gasteiger charge is 2.42. The van der Waals surface area contributed by atoms with E-state index in [1.807, 2.05) is 16.2 Å². The SMILES string of the molecule is CCc1cc2c(s1)CCOC21CCN(CC2CN(C(=O)c3cn[nH]c3)C2)CC1. The summed E-state index contributed by atoms with van der Waals surface area (Å²) < 4.78 is 6.39. The van der Waals surface area contributed by atoms with Gasteiger partial charge in [-0.05, 0) is 30.9 Å². The van der Waals surface area contributed by atoms with Gasteiger partial charge in [-0.1, -0.05) is 6.92 Å². The first-order chi connectivity index (χ1) is 13.7. The van der Waals surface area contributed by atoms with Gasteiger partial charge >= 0.3 is 0 Å². The minimum Gasteiger partial charge on any atom is -0.370 e. The highest BCUT2D eigenvalue weighted by molar-refractivity contribution is 7.12.